The average molecular weight is 355 g/mol. The lowest BCUT2D eigenvalue weighted by atomic mass is 10.1. The molecule has 1 aliphatic rings. The maximum Gasteiger partial charge on any atom is 0.240 e. The van der Waals surface area contributed by atoms with E-state index in [-0.39, 0.29) is 18.4 Å². The van der Waals surface area contributed by atoms with Gasteiger partial charge in [0.1, 0.15) is 23.6 Å². The van der Waals surface area contributed by atoms with E-state index in [2.05, 4.69) is 4.98 Å². The molecule has 1 aliphatic heterocycles. The smallest absolute Gasteiger partial charge is 0.240 e. The maximum absolute atomic E-state index is 12.7. The van der Waals surface area contributed by atoms with Crippen molar-refractivity contribution < 1.29 is 19.1 Å². The topological polar surface area (TPSA) is 94.8 Å². The Balaban J connectivity index is 1.69. The fraction of sp³-hybridized carbons (Fsp3) is 0.316. The summed E-state index contributed by atoms with van der Waals surface area (Å²) in [6.45, 7) is 0.311. The van der Waals surface area contributed by atoms with Crippen LogP contribution >= 0.6 is 0 Å². The molecule has 0 spiro atoms. The van der Waals surface area contributed by atoms with Gasteiger partial charge in [0.25, 0.3) is 0 Å². The first-order valence-electron chi connectivity index (χ1n) is 8.35. The van der Waals surface area contributed by atoms with Crippen molar-refractivity contribution >= 4 is 11.8 Å². The minimum atomic E-state index is -0.672. The van der Waals surface area contributed by atoms with Crippen molar-refractivity contribution in [3.8, 4) is 11.5 Å². The van der Waals surface area contributed by atoms with Gasteiger partial charge in [-0.3, -0.25) is 14.6 Å². The van der Waals surface area contributed by atoms with Crippen LogP contribution in [0.3, 0.4) is 0 Å². The summed E-state index contributed by atoms with van der Waals surface area (Å²) >= 11 is 0. The van der Waals surface area contributed by atoms with Crippen LogP contribution in [0.2, 0.25) is 0 Å². The van der Waals surface area contributed by atoms with Crippen LogP contribution in [-0.4, -0.2) is 47.5 Å². The molecule has 1 aromatic carbocycles. The number of benzene rings is 1. The highest BCUT2D eigenvalue weighted by atomic mass is 16.5. The number of amides is 2. The van der Waals surface area contributed by atoms with Crippen LogP contribution in [0, 0.1) is 0 Å². The molecule has 2 heterocycles. The minimum absolute atomic E-state index is 0.167. The predicted molar refractivity (Wildman–Crippen MR) is 94.7 cm³/mol. The first-order valence-corrected chi connectivity index (χ1v) is 8.35. The van der Waals surface area contributed by atoms with Crippen molar-refractivity contribution in [2.75, 3.05) is 13.7 Å². The molecule has 7 nitrogen and oxygen atoms in total. The predicted octanol–water partition coefficient (Wildman–Crippen LogP) is 1.17. The number of ether oxygens (including phenoxy) is 2. The summed E-state index contributed by atoms with van der Waals surface area (Å²) in [5, 5.41) is 0. The summed E-state index contributed by atoms with van der Waals surface area (Å²) < 4.78 is 11.0. The fourth-order valence-electron chi connectivity index (χ4n) is 3.10. The van der Waals surface area contributed by atoms with E-state index in [9.17, 15) is 9.59 Å². The summed E-state index contributed by atoms with van der Waals surface area (Å²) in [5.41, 5.74) is 6.31. The Morgan fingerprint density at radius 3 is 2.77 bits per heavy atom. The summed E-state index contributed by atoms with van der Waals surface area (Å²) in [5.74, 6) is 0.587. The third-order valence-corrected chi connectivity index (χ3v) is 4.34. The lowest BCUT2D eigenvalue weighted by Gasteiger charge is -2.22. The molecule has 2 N–H and O–H groups in total. The first-order chi connectivity index (χ1) is 12.6. The van der Waals surface area contributed by atoms with E-state index < -0.39 is 11.9 Å². The molecule has 2 amide bonds. The second-order valence-corrected chi connectivity index (χ2v) is 6.16. The standard InChI is InChI=1S/C19H21N3O4/c1-25-14-5-2-4-13(8-14)9-18(23)22-12-16(10-17(22)19(20)24)26-15-6-3-7-21-11-15/h2-8,11,16-17H,9-10,12H2,1H3,(H2,20,24)/t16-,17-/m0/s1. The van der Waals surface area contributed by atoms with Crippen LogP contribution in [0.1, 0.15) is 12.0 Å². The van der Waals surface area contributed by atoms with Gasteiger partial charge in [-0.2, -0.15) is 0 Å². The number of nitrogens with zero attached hydrogens (tertiary/aromatic N) is 2. The number of carbonyl (C=O) groups is 2. The van der Waals surface area contributed by atoms with Crippen molar-refractivity contribution in [3.05, 3.63) is 54.4 Å². The van der Waals surface area contributed by atoms with Gasteiger partial charge in [0.15, 0.2) is 0 Å². The van der Waals surface area contributed by atoms with Crippen molar-refractivity contribution in [2.45, 2.75) is 25.0 Å². The maximum atomic E-state index is 12.7. The molecule has 0 saturated carbocycles. The molecule has 1 aromatic heterocycles. The molecule has 0 aliphatic carbocycles. The molecule has 0 bridgehead atoms. The second-order valence-electron chi connectivity index (χ2n) is 6.16. The normalized spacial score (nSPS) is 19.2. The van der Waals surface area contributed by atoms with Crippen LogP contribution < -0.4 is 15.2 Å². The van der Waals surface area contributed by atoms with E-state index in [1.54, 1.807) is 37.7 Å². The monoisotopic (exact) mass is 355 g/mol. The van der Waals surface area contributed by atoms with Crippen molar-refractivity contribution in [2.24, 2.45) is 5.73 Å². The zero-order chi connectivity index (χ0) is 18.5. The Kier molecular flexibility index (Phi) is 5.36. The molecule has 136 valence electrons. The van der Waals surface area contributed by atoms with E-state index in [0.717, 1.165) is 5.56 Å². The molecular weight excluding hydrogens is 334 g/mol. The Bertz CT molecular complexity index is 781. The second kappa shape index (κ2) is 7.86. The molecular formula is C19H21N3O4. The van der Waals surface area contributed by atoms with Crippen LogP contribution in [0.15, 0.2) is 48.8 Å². The molecule has 2 atom stereocenters. The molecule has 2 aromatic rings. The van der Waals surface area contributed by atoms with Crippen LogP contribution in [0.4, 0.5) is 0 Å². The van der Waals surface area contributed by atoms with Gasteiger partial charge in [0, 0.05) is 12.6 Å². The summed E-state index contributed by atoms with van der Waals surface area (Å²) in [7, 11) is 1.57. The highest BCUT2D eigenvalue weighted by Gasteiger charge is 2.39. The van der Waals surface area contributed by atoms with Gasteiger partial charge in [0.05, 0.1) is 26.3 Å². The third kappa shape index (κ3) is 4.11. The number of carbonyl (C=O) groups excluding carboxylic acids is 2. The van der Waals surface area contributed by atoms with Gasteiger partial charge in [-0.25, -0.2) is 0 Å². The van der Waals surface area contributed by atoms with Crippen LogP contribution in [0.5, 0.6) is 11.5 Å². The number of aromatic nitrogens is 1. The third-order valence-electron chi connectivity index (χ3n) is 4.34. The summed E-state index contributed by atoms with van der Waals surface area (Å²) in [6, 6.07) is 10.2. The highest BCUT2D eigenvalue weighted by molar-refractivity contribution is 5.88. The molecule has 26 heavy (non-hydrogen) atoms. The van der Waals surface area contributed by atoms with Crippen molar-refractivity contribution in [1.82, 2.24) is 9.88 Å². The number of rotatable bonds is 6. The van der Waals surface area contributed by atoms with Gasteiger partial charge < -0.3 is 20.1 Å². The number of primary amides is 1. The molecule has 7 heteroatoms. The fourth-order valence-corrected chi connectivity index (χ4v) is 3.10. The number of likely N-dealkylation sites (tertiary alicyclic amines) is 1. The zero-order valence-electron chi connectivity index (χ0n) is 14.5. The highest BCUT2D eigenvalue weighted by Crippen LogP contribution is 2.24. The Labute approximate surface area is 151 Å². The lowest BCUT2D eigenvalue weighted by Crippen LogP contribution is -2.44. The SMILES string of the molecule is COc1cccc(CC(=O)N2C[C@@H](Oc3cccnc3)C[C@H]2C(N)=O)c1. The van der Waals surface area contributed by atoms with E-state index in [1.807, 2.05) is 18.2 Å². The van der Waals surface area contributed by atoms with Gasteiger partial charge in [-0.1, -0.05) is 12.1 Å². The number of hydrogen-bond acceptors (Lipinski definition) is 5. The summed E-state index contributed by atoms with van der Waals surface area (Å²) in [4.78, 5) is 30.0. The Morgan fingerprint density at radius 2 is 2.08 bits per heavy atom. The van der Waals surface area contributed by atoms with E-state index in [0.29, 0.717) is 24.5 Å². The van der Waals surface area contributed by atoms with E-state index in [4.69, 9.17) is 15.2 Å². The molecule has 0 radical (unpaired) electrons. The number of methoxy groups -OCH3 is 1. The quantitative estimate of drug-likeness (QED) is 0.839. The molecule has 3 rings (SSSR count). The largest absolute Gasteiger partial charge is 0.497 e. The summed E-state index contributed by atoms with van der Waals surface area (Å²) in [6.07, 6.45) is 3.48. The number of nitrogens with two attached hydrogens (primary N) is 1. The zero-order valence-corrected chi connectivity index (χ0v) is 14.5. The Morgan fingerprint density at radius 1 is 1.27 bits per heavy atom. The van der Waals surface area contributed by atoms with Gasteiger partial charge in [-0.15, -0.1) is 0 Å². The lowest BCUT2D eigenvalue weighted by molar-refractivity contribution is -0.136. The molecule has 0 unspecified atom stereocenters. The first kappa shape index (κ1) is 17.7. The van der Waals surface area contributed by atoms with Crippen molar-refractivity contribution in [1.29, 1.82) is 0 Å². The Hall–Kier alpha value is -3.09. The van der Waals surface area contributed by atoms with E-state index >= 15 is 0 Å². The molecule has 1 saturated heterocycles. The average Bonchev–Trinajstić information content (AvgIpc) is 3.07. The van der Waals surface area contributed by atoms with Crippen LogP contribution in [-0.2, 0) is 16.0 Å². The number of pyridine rings is 1. The van der Waals surface area contributed by atoms with Crippen molar-refractivity contribution in [3.63, 3.8) is 0 Å². The minimum Gasteiger partial charge on any atom is -0.497 e. The van der Waals surface area contributed by atoms with E-state index in [1.165, 1.54) is 4.90 Å². The number of hydrogen-bond donors (Lipinski definition) is 1. The molecule has 1 fully saturated rings. The van der Waals surface area contributed by atoms with Gasteiger partial charge >= 0.3 is 0 Å². The van der Waals surface area contributed by atoms with Gasteiger partial charge in [-0.05, 0) is 29.8 Å². The van der Waals surface area contributed by atoms with Gasteiger partial charge in [0.2, 0.25) is 11.8 Å². The van der Waals surface area contributed by atoms with Crippen LogP contribution in [0.25, 0.3) is 0 Å².